The SMILES string of the molecule is CCCNC(=O)CNc1c(N)cncc1Br. The molecule has 1 aromatic rings. The lowest BCUT2D eigenvalue weighted by molar-refractivity contribution is -0.119. The number of rotatable bonds is 5. The minimum atomic E-state index is -0.0510. The molecule has 16 heavy (non-hydrogen) atoms. The number of hydrogen-bond donors (Lipinski definition) is 3. The minimum Gasteiger partial charge on any atom is -0.396 e. The summed E-state index contributed by atoms with van der Waals surface area (Å²) in [6.07, 6.45) is 4.09. The van der Waals surface area contributed by atoms with Gasteiger partial charge in [-0.1, -0.05) is 6.92 Å². The van der Waals surface area contributed by atoms with Gasteiger partial charge in [0.1, 0.15) is 0 Å². The molecule has 0 saturated carbocycles. The molecule has 0 saturated heterocycles. The van der Waals surface area contributed by atoms with Crippen molar-refractivity contribution in [1.82, 2.24) is 10.3 Å². The third kappa shape index (κ3) is 3.69. The van der Waals surface area contributed by atoms with Gasteiger partial charge in [0.15, 0.2) is 0 Å². The zero-order valence-corrected chi connectivity index (χ0v) is 10.7. The van der Waals surface area contributed by atoms with Crippen molar-refractivity contribution in [3.8, 4) is 0 Å². The molecule has 4 N–H and O–H groups in total. The molecule has 6 heteroatoms. The monoisotopic (exact) mass is 286 g/mol. The highest BCUT2D eigenvalue weighted by molar-refractivity contribution is 9.10. The zero-order chi connectivity index (χ0) is 12.0. The summed E-state index contributed by atoms with van der Waals surface area (Å²) in [7, 11) is 0. The quantitative estimate of drug-likeness (QED) is 0.764. The lowest BCUT2D eigenvalue weighted by Crippen LogP contribution is -2.30. The van der Waals surface area contributed by atoms with Crippen LogP contribution in [0, 0.1) is 0 Å². The molecule has 0 aliphatic carbocycles. The second-order valence-corrected chi connectivity index (χ2v) is 4.14. The highest BCUT2D eigenvalue weighted by Crippen LogP contribution is 2.26. The van der Waals surface area contributed by atoms with Crippen LogP contribution < -0.4 is 16.4 Å². The van der Waals surface area contributed by atoms with Crippen molar-refractivity contribution in [2.24, 2.45) is 0 Å². The second-order valence-electron chi connectivity index (χ2n) is 3.29. The highest BCUT2D eigenvalue weighted by atomic mass is 79.9. The van der Waals surface area contributed by atoms with E-state index in [-0.39, 0.29) is 12.5 Å². The minimum absolute atomic E-state index is 0.0510. The fourth-order valence-corrected chi connectivity index (χ4v) is 1.62. The lowest BCUT2D eigenvalue weighted by atomic mass is 10.3. The maximum absolute atomic E-state index is 11.4. The van der Waals surface area contributed by atoms with E-state index < -0.39 is 0 Å². The summed E-state index contributed by atoms with van der Waals surface area (Å²) in [5.41, 5.74) is 6.93. The average molecular weight is 287 g/mol. The van der Waals surface area contributed by atoms with E-state index in [0.29, 0.717) is 17.9 Å². The highest BCUT2D eigenvalue weighted by Gasteiger charge is 2.06. The van der Waals surface area contributed by atoms with Crippen LogP contribution in [0.25, 0.3) is 0 Å². The summed E-state index contributed by atoms with van der Waals surface area (Å²) >= 11 is 3.31. The number of carbonyl (C=O) groups is 1. The van der Waals surface area contributed by atoms with Crippen molar-refractivity contribution in [1.29, 1.82) is 0 Å². The Morgan fingerprint density at radius 3 is 2.94 bits per heavy atom. The van der Waals surface area contributed by atoms with Gasteiger partial charge >= 0.3 is 0 Å². The molecule has 0 aliphatic heterocycles. The Labute approximate surface area is 103 Å². The van der Waals surface area contributed by atoms with Crippen LogP contribution in [-0.2, 0) is 4.79 Å². The summed E-state index contributed by atoms with van der Waals surface area (Å²) in [5, 5.41) is 5.73. The molecule has 0 spiro atoms. The van der Waals surface area contributed by atoms with Gasteiger partial charge in [-0.2, -0.15) is 0 Å². The van der Waals surface area contributed by atoms with Crippen LogP contribution in [0.1, 0.15) is 13.3 Å². The fourth-order valence-electron chi connectivity index (χ4n) is 1.13. The van der Waals surface area contributed by atoms with E-state index in [2.05, 4.69) is 31.5 Å². The summed E-state index contributed by atoms with van der Waals surface area (Å²) < 4.78 is 0.746. The number of carbonyl (C=O) groups excluding carboxylic acids is 1. The van der Waals surface area contributed by atoms with Crippen LogP contribution in [0.3, 0.4) is 0 Å². The van der Waals surface area contributed by atoms with Gasteiger partial charge in [0.05, 0.1) is 28.6 Å². The van der Waals surface area contributed by atoms with Gasteiger partial charge in [-0.05, 0) is 22.4 Å². The fraction of sp³-hybridized carbons (Fsp3) is 0.400. The molecule has 0 fully saturated rings. The molecule has 1 amide bonds. The largest absolute Gasteiger partial charge is 0.396 e. The van der Waals surface area contributed by atoms with Crippen LogP contribution in [0.15, 0.2) is 16.9 Å². The standard InChI is InChI=1S/C10H15BrN4O/c1-2-3-14-9(16)6-15-10-7(11)4-13-5-8(10)12/h4-5H,2-3,6,12H2,1H3,(H,13,15)(H,14,16). The normalized spacial score (nSPS) is 9.88. The van der Waals surface area contributed by atoms with Crippen molar-refractivity contribution < 1.29 is 4.79 Å². The third-order valence-electron chi connectivity index (χ3n) is 1.93. The van der Waals surface area contributed by atoms with E-state index in [1.54, 1.807) is 6.20 Å². The topological polar surface area (TPSA) is 80.0 Å². The van der Waals surface area contributed by atoms with Crippen LogP contribution in [-0.4, -0.2) is 24.0 Å². The number of nitrogens with one attached hydrogen (secondary N) is 2. The molecular weight excluding hydrogens is 272 g/mol. The number of nitrogens with two attached hydrogens (primary N) is 1. The predicted octanol–water partition coefficient (Wildman–Crippen LogP) is 1.36. The lowest BCUT2D eigenvalue weighted by Gasteiger charge is -2.10. The van der Waals surface area contributed by atoms with Gasteiger partial charge in [0.2, 0.25) is 5.91 Å². The number of hydrogen-bond acceptors (Lipinski definition) is 4. The Hall–Kier alpha value is -1.30. The average Bonchev–Trinajstić information content (AvgIpc) is 2.25. The molecule has 0 bridgehead atoms. The molecule has 0 aromatic carbocycles. The number of aromatic nitrogens is 1. The zero-order valence-electron chi connectivity index (χ0n) is 9.09. The van der Waals surface area contributed by atoms with E-state index >= 15 is 0 Å². The number of nitrogens with zero attached hydrogens (tertiary/aromatic N) is 1. The summed E-state index contributed by atoms with van der Waals surface area (Å²) in [6, 6.07) is 0. The Bertz CT molecular complexity index is 350. The maximum Gasteiger partial charge on any atom is 0.239 e. The summed E-state index contributed by atoms with van der Waals surface area (Å²) in [5.74, 6) is -0.0510. The van der Waals surface area contributed by atoms with Crippen molar-refractivity contribution >= 4 is 33.2 Å². The number of nitrogen functional groups attached to an aromatic ring is 1. The van der Waals surface area contributed by atoms with E-state index in [9.17, 15) is 4.79 Å². The molecule has 1 aromatic heterocycles. The third-order valence-corrected chi connectivity index (χ3v) is 2.53. The molecule has 0 radical (unpaired) electrons. The van der Waals surface area contributed by atoms with Crippen LogP contribution in [0.4, 0.5) is 11.4 Å². The summed E-state index contributed by atoms with van der Waals surface area (Å²) in [6.45, 7) is 2.89. The Kier molecular flexibility index (Phi) is 5.04. The Morgan fingerprint density at radius 1 is 1.56 bits per heavy atom. The van der Waals surface area contributed by atoms with E-state index in [1.807, 2.05) is 6.92 Å². The molecule has 5 nitrogen and oxygen atoms in total. The van der Waals surface area contributed by atoms with Crippen molar-refractivity contribution in [2.45, 2.75) is 13.3 Å². The molecule has 0 aliphatic rings. The smallest absolute Gasteiger partial charge is 0.239 e. The first-order valence-corrected chi connectivity index (χ1v) is 5.84. The Balaban J connectivity index is 2.51. The van der Waals surface area contributed by atoms with Gasteiger partial charge in [-0.15, -0.1) is 0 Å². The van der Waals surface area contributed by atoms with Gasteiger partial charge in [0, 0.05) is 12.7 Å². The first kappa shape index (κ1) is 12.8. The van der Waals surface area contributed by atoms with Crippen molar-refractivity contribution in [3.05, 3.63) is 16.9 Å². The van der Waals surface area contributed by atoms with Gasteiger partial charge in [-0.25, -0.2) is 0 Å². The predicted molar refractivity (Wildman–Crippen MR) is 68.1 cm³/mol. The Morgan fingerprint density at radius 2 is 2.31 bits per heavy atom. The number of anilines is 2. The van der Waals surface area contributed by atoms with Gasteiger partial charge in [0.25, 0.3) is 0 Å². The number of halogens is 1. The van der Waals surface area contributed by atoms with Gasteiger partial charge in [-0.3, -0.25) is 9.78 Å². The molecular formula is C10H15BrN4O. The van der Waals surface area contributed by atoms with Crippen LogP contribution in [0.5, 0.6) is 0 Å². The van der Waals surface area contributed by atoms with Crippen molar-refractivity contribution in [2.75, 3.05) is 24.1 Å². The van der Waals surface area contributed by atoms with Gasteiger partial charge < -0.3 is 16.4 Å². The van der Waals surface area contributed by atoms with E-state index in [4.69, 9.17) is 5.73 Å². The van der Waals surface area contributed by atoms with Crippen molar-refractivity contribution in [3.63, 3.8) is 0 Å². The van der Waals surface area contributed by atoms with Crippen LogP contribution in [0.2, 0.25) is 0 Å². The molecule has 0 unspecified atom stereocenters. The molecule has 88 valence electrons. The van der Waals surface area contributed by atoms with Crippen LogP contribution >= 0.6 is 15.9 Å². The number of amides is 1. The van der Waals surface area contributed by atoms with E-state index in [0.717, 1.165) is 10.9 Å². The molecule has 1 heterocycles. The first-order chi connectivity index (χ1) is 7.65. The first-order valence-electron chi connectivity index (χ1n) is 5.04. The summed E-state index contributed by atoms with van der Waals surface area (Å²) in [4.78, 5) is 15.3. The molecule has 1 rings (SSSR count). The van der Waals surface area contributed by atoms with E-state index in [1.165, 1.54) is 6.20 Å². The second kappa shape index (κ2) is 6.32. The maximum atomic E-state index is 11.4. The number of pyridine rings is 1. The molecule has 0 atom stereocenters.